The molecule has 7 heteroatoms. The number of nitrogens with zero attached hydrogens (tertiary/aromatic N) is 1. The predicted octanol–water partition coefficient (Wildman–Crippen LogP) is 1.50. The van der Waals surface area contributed by atoms with Crippen LogP contribution < -0.4 is 5.73 Å². The highest BCUT2D eigenvalue weighted by Crippen LogP contribution is 2.24. The SMILES string of the molecule is Cc1cc(S(=O)(=O)N(CCCO)C(C)C)cc(N)c1F. The number of rotatable bonds is 6. The molecular weight excluding hydrogens is 283 g/mol. The first-order chi connectivity index (χ1) is 9.21. The van der Waals surface area contributed by atoms with Crippen LogP contribution in [0.1, 0.15) is 25.8 Å². The normalized spacial score (nSPS) is 12.3. The molecule has 20 heavy (non-hydrogen) atoms. The van der Waals surface area contributed by atoms with Crippen LogP contribution in [0.3, 0.4) is 0 Å². The molecule has 0 saturated heterocycles. The molecule has 1 aromatic carbocycles. The van der Waals surface area contributed by atoms with Crippen LogP contribution >= 0.6 is 0 Å². The minimum absolute atomic E-state index is 0.0273. The van der Waals surface area contributed by atoms with Gasteiger partial charge in [0, 0.05) is 19.2 Å². The maximum Gasteiger partial charge on any atom is 0.243 e. The van der Waals surface area contributed by atoms with Gasteiger partial charge in [-0.15, -0.1) is 0 Å². The van der Waals surface area contributed by atoms with E-state index in [9.17, 15) is 12.8 Å². The third kappa shape index (κ3) is 3.47. The molecular formula is C13H21FN2O3S. The standard InChI is InChI=1S/C13H21FN2O3S/c1-9(2)16(5-4-6-17)20(18,19)11-7-10(3)13(14)12(15)8-11/h7-9,17H,4-6,15H2,1-3H3. The number of sulfonamides is 1. The topological polar surface area (TPSA) is 83.6 Å². The molecule has 0 aromatic heterocycles. The molecule has 3 N–H and O–H groups in total. The van der Waals surface area contributed by atoms with Gasteiger partial charge < -0.3 is 10.8 Å². The van der Waals surface area contributed by atoms with Gasteiger partial charge in [0.2, 0.25) is 10.0 Å². The molecule has 0 aliphatic carbocycles. The smallest absolute Gasteiger partial charge is 0.243 e. The lowest BCUT2D eigenvalue weighted by Gasteiger charge is -2.26. The second kappa shape index (κ2) is 6.51. The highest BCUT2D eigenvalue weighted by molar-refractivity contribution is 7.89. The van der Waals surface area contributed by atoms with E-state index in [0.29, 0.717) is 6.42 Å². The fourth-order valence-corrected chi connectivity index (χ4v) is 3.73. The van der Waals surface area contributed by atoms with Crippen molar-refractivity contribution >= 4 is 15.7 Å². The summed E-state index contributed by atoms with van der Waals surface area (Å²) in [6.07, 6.45) is 0.340. The van der Waals surface area contributed by atoms with E-state index in [1.54, 1.807) is 13.8 Å². The van der Waals surface area contributed by atoms with Crippen LogP contribution in [0.4, 0.5) is 10.1 Å². The molecule has 1 aromatic rings. The first-order valence-electron chi connectivity index (χ1n) is 6.40. The monoisotopic (exact) mass is 304 g/mol. The van der Waals surface area contributed by atoms with Crippen LogP contribution in [0.5, 0.6) is 0 Å². The molecule has 0 fully saturated rings. The van der Waals surface area contributed by atoms with Gasteiger partial charge in [-0.1, -0.05) is 0 Å². The molecule has 0 heterocycles. The highest BCUT2D eigenvalue weighted by Gasteiger charge is 2.27. The fourth-order valence-electron chi connectivity index (χ4n) is 1.93. The van der Waals surface area contributed by atoms with E-state index in [1.165, 1.54) is 17.3 Å². The van der Waals surface area contributed by atoms with Crippen molar-refractivity contribution in [2.75, 3.05) is 18.9 Å². The van der Waals surface area contributed by atoms with Crippen molar-refractivity contribution < 1.29 is 17.9 Å². The zero-order valence-electron chi connectivity index (χ0n) is 11.9. The Labute approximate surface area is 119 Å². The minimum Gasteiger partial charge on any atom is -0.396 e. The number of hydrogen-bond donors (Lipinski definition) is 2. The zero-order chi connectivity index (χ0) is 15.5. The average molecular weight is 304 g/mol. The van der Waals surface area contributed by atoms with E-state index < -0.39 is 15.8 Å². The van der Waals surface area contributed by atoms with Gasteiger partial charge >= 0.3 is 0 Å². The third-order valence-corrected chi connectivity index (χ3v) is 5.03. The summed E-state index contributed by atoms with van der Waals surface area (Å²) in [5.74, 6) is -0.601. The van der Waals surface area contributed by atoms with Crippen molar-refractivity contribution in [3.05, 3.63) is 23.5 Å². The summed E-state index contributed by atoms with van der Waals surface area (Å²) < 4.78 is 39.9. The van der Waals surface area contributed by atoms with Gasteiger partial charge in [0.25, 0.3) is 0 Å². The Bertz CT molecular complexity index is 550. The van der Waals surface area contributed by atoms with E-state index in [-0.39, 0.29) is 35.3 Å². The molecule has 0 spiro atoms. The second-order valence-corrected chi connectivity index (χ2v) is 6.82. The van der Waals surface area contributed by atoms with Crippen molar-refractivity contribution in [1.82, 2.24) is 4.31 Å². The van der Waals surface area contributed by atoms with E-state index in [1.807, 2.05) is 0 Å². The number of nitrogens with two attached hydrogens (primary N) is 1. The van der Waals surface area contributed by atoms with Crippen LogP contribution in [0.25, 0.3) is 0 Å². The number of aliphatic hydroxyl groups is 1. The number of anilines is 1. The third-order valence-electron chi connectivity index (χ3n) is 2.98. The summed E-state index contributed by atoms with van der Waals surface area (Å²) in [4.78, 5) is -0.0273. The number of aliphatic hydroxyl groups excluding tert-OH is 1. The summed E-state index contributed by atoms with van der Waals surface area (Å²) in [5.41, 5.74) is 5.50. The molecule has 1 rings (SSSR count). The fraction of sp³-hybridized carbons (Fsp3) is 0.538. The van der Waals surface area contributed by atoms with Crippen LogP contribution in [0.15, 0.2) is 17.0 Å². The van der Waals surface area contributed by atoms with Crippen LogP contribution in [-0.2, 0) is 10.0 Å². The molecule has 0 saturated carbocycles. The lowest BCUT2D eigenvalue weighted by atomic mass is 10.2. The van der Waals surface area contributed by atoms with E-state index in [2.05, 4.69) is 0 Å². The molecule has 0 aliphatic heterocycles. The van der Waals surface area contributed by atoms with Crippen LogP contribution in [-0.4, -0.2) is 37.0 Å². The van der Waals surface area contributed by atoms with Crippen molar-refractivity contribution in [3.8, 4) is 0 Å². The van der Waals surface area contributed by atoms with Crippen molar-refractivity contribution in [2.24, 2.45) is 0 Å². The van der Waals surface area contributed by atoms with Gasteiger partial charge in [0.05, 0.1) is 10.6 Å². The maximum atomic E-state index is 13.5. The van der Waals surface area contributed by atoms with Gasteiger partial charge in [-0.2, -0.15) is 4.31 Å². The zero-order valence-corrected chi connectivity index (χ0v) is 12.7. The summed E-state index contributed by atoms with van der Waals surface area (Å²) in [5, 5.41) is 8.87. The van der Waals surface area contributed by atoms with Crippen LogP contribution in [0.2, 0.25) is 0 Å². The Morgan fingerprint density at radius 2 is 2.00 bits per heavy atom. The molecule has 0 atom stereocenters. The second-order valence-electron chi connectivity index (χ2n) is 4.93. The van der Waals surface area contributed by atoms with Gasteiger partial charge in [-0.05, 0) is 44.9 Å². The van der Waals surface area contributed by atoms with Gasteiger partial charge in [0.1, 0.15) is 5.82 Å². The quantitative estimate of drug-likeness (QED) is 0.780. The van der Waals surface area contributed by atoms with E-state index in [4.69, 9.17) is 10.8 Å². The Hall–Kier alpha value is -1.18. The molecule has 0 radical (unpaired) electrons. The molecule has 0 unspecified atom stereocenters. The number of aryl methyl sites for hydroxylation is 1. The van der Waals surface area contributed by atoms with Crippen molar-refractivity contribution in [3.63, 3.8) is 0 Å². The largest absolute Gasteiger partial charge is 0.396 e. The Balaban J connectivity index is 3.26. The van der Waals surface area contributed by atoms with Gasteiger partial charge in [-0.25, -0.2) is 12.8 Å². The average Bonchev–Trinajstić information content (AvgIpc) is 2.35. The summed E-state index contributed by atoms with van der Waals surface area (Å²) in [7, 11) is -3.76. The van der Waals surface area contributed by atoms with E-state index >= 15 is 0 Å². The molecule has 5 nitrogen and oxygen atoms in total. The Morgan fingerprint density at radius 3 is 2.45 bits per heavy atom. The first-order valence-corrected chi connectivity index (χ1v) is 7.84. The molecule has 114 valence electrons. The summed E-state index contributed by atoms with van der Waals surface area (Å²) in [6.45, 7) is 5.07. The maximum absolute atomic E-state index is 13.5. The van der Waals surface area contributed by atoms with Crippen molar-refractivity contribution in [2.45, 2.75) is 38.1 Å². The predicted molar refractivity (Wildman–Crippen MR) is 76.3 cm³/mol. The Kier molecular flexibility index (Phi) is 5.50. The van der Waals surface area contributed by atoms with Crippen LogP contribution in [0, 0.1) is 12.7 Å². The lowest BCUT2D eigenvalue weighted by Crippen LogP contribution is -2.38. The molecule has 0 amide bonds. The molecule has 0 aliphatic rings. The number of hydrogen-bond acceptors (Lipinski definition) is 4. The lowest BCUT2D eigenvalue weighted by molar-refractivity contribution is 0.258. The highest BCUT2D eigenvalue weighted by atomic mass is 32.2. The number of nitrogen functional groups attached to an aromatic ring is 1. The first kappa shape index (κ1) is 16.9. The van der Waals surface area contributed by atoms with Crippen molar-refractivity contribution in [1.29, 1.82) is 0 Å². The summed E-state index contributed by atoms with van der Waals surface area (Å²) in [6, 6.07) is 2.14. The molecule has 0 bridgehead atoms. The summed E-state index contributed by atoms with van der Waals surface area (Å²) >= 11 is 0. The van der Waals surface area contributed by atoms with E-state index in [0.717, 1.165) is 6.07 Å². The van der Waals surface area contributed by atoms with Gasteiger partial charge in [0.15, 0.2) is 0 Å². The Morgan fingerprint density at radius 1 is 1.40 bits per heavy atom. The number of benzene rings is 1. The minimum atomic E-state index is -3.76. The van der Waals surface area contributed by atoms with Gasteiger partial charge in [-0.3, -0.25) is 0 Å². The number of halogens is 1.